The number of rotatable bonds is 6. The molecule has 0 atom stereocenters. The third kappa shape index (κ3) is 5.05. The highest BCUT2D eigenvalue weighted by molar-refractivity contribution is 5.87. The molecule has 1 heterocycles. The summed E-state index contributed by atoms with van der Waals surface area (Å²) in [5.41, 5.74) is 3.34. The lowest BCUT2D eigenvalue weighted by Gasteiger charge is -2.36. The number of hydrogen-bond acceptors (Lipinski definition) is 2. The Labute approximate surface area is 179 Å². The lowest BCUT2D eigenvalue weighted by molar-refractivity contribution is -0.133. The second kappa shape index (κ2) is 10.0. The molecule has 0 unspecified atom stereocenters. The van der Waals surface area contributed by atoms with E-state index < -0.39 is 0 Å². The van der Waals surface area contributed by atoms with Crippen molar-refractivity contribution in [1.82, 2.24) is 9.80 Å². The van der Waals surface area contributed by atoms with Crippen molar-refractivity contribution in [2.45, 2.75) is 5.92 Å². The van der Waals surface area contributed by atoms with Crippen LogP contribution in [0, 0.1) is 0 Å². The van der Waals surface area contributed by atoms with E-state index in [-0.39, 0.29) is 11.8 Å². The quantitative estimate of drug-likeness (QED) is 0.604. The van der Waals surface area contributed by atoms with Crippen LogP contribution in [-0.4, -0.2) is 48.4 Å². The molecule has 1 amide bonds. The predicted octanol–water partition coefficient (Wildman–Crippen LogP) is 4.68. The van der Waals surface area contributed by atoms with Gasteiger partial charge in [0.05, 0.1) is 5.92 Å². The summed E-state index contributed by atoms with van der Waals surface area (Å²) in [6, 6.07) is 30.6. The Balaban J connectivity index is 1.39. The first kappa shape index (κ1) is 20.1. The normalized spacial score (nSPS) is 15.0. The van der Waals surface area contributed by atoms with E-state index in [0.29, 0.717) is 0 Å². The summed E-state index contributed by atoms with van der Waals surface area (Å²) in [4.78, 5) is 17.9. The van der Waals surface area contributed by atoms with Crippen molar-refractivity contribution < 1.29 is 4.79 Å². The molecule has 0 spiro atoms. The number of piperazine rings is 1. The van der Waals surface area contributed by atoms with Gasteiger partial charge in [-0.25, -0.2) is 0 Å². The highest BCUT2D eigenvalue weighted by Crippen LogP contribution is 2.27. The van der Waals surface area contributed by atoms with Crippen LogP contribution in [0.5, 0.6) is 0 Å². The first-order chi connectivity index (χ1) is 14.8. The van der Waals surface area contributed by atoms with Gasteiger partial charge in [-0.1, -0.05) is 103 Å². The highest BCUT2D eigenvalue weighted by atomic mass is 16.2. The maximum atomic E-state index is 13.5. The summed E-state index contributed by atoms with van der Waals surface area (Å²) in [5, 5.41) is 0. The van der Waals surface area contributed by atoms with Crippen LogP contribution in [0.3, 0.4) is 0 Å². The second-order valence-corrected chi connectivity index (χ2v) is 7.69. The van der Waals surface area contributed by atoms with Gasteiger partial charge in [0.15, 0.2) is 0 Å². The van der Waals surface area contributed by atoms with Crippen molar-refractivity contribution in [3.8, 4) is 0 Å². The largest absolute Gasteiger partial charge is 0.339 e. The van der Waals surface area contributed by atoms with Gasteiger partial charge in [0.1, 0.15) is 0 Å². The second-order valence-electron chi connectivity index (χ2n) is 7.69. The molecule has 0 saturated carbocycles. The Morgan fingerprint density at radius 3 is 1.77 bits per heavy atom. The monoisotopic (exact) mass is 396 g/mol. The molecule has 0 aromatic heterocycles. The van der Waals surface area contributed by atoms with Gasteiger partial charge < -0.3 is 4.90 Å². The van der Waals surface area contributed by atoms with Crippen molar-refractivity contribution in [3.05, 3.63) is 114 Å². The van der Waals surface area contributed by atoms with Gasteiger partial charge in [0, 0.05) is 32.7 Å². The average Bonchev–Trinajstić information content (AvgIpc) is 2.82. The number of benzene rings is 3. The van der Waals surface area contributed by atoms with Gasteiger partial charge in [-0.15, -0.1) is 0 Å². The molecule has 30 heavy (non-hydrogen) atoms. The van der Waals surface area contributed by atoms with Gasteiger partial charge >= 0.3 is 0 Å². The molecule has 1 fully saturated rings. The third-order valence-corrected chi connectivity index (χ3v) is 5.67. The molecular weight excluding hydrogens is 368 g/mol. The smallest absolute Gasteiger partial charge is 0.234 e. The Morgan fingerprint density at radius 1 is 0.733 bits per heavy atom. The fourth-order valence-electron chi connectivity index (χ4n) is 4.00. The summed E-state index contributed by atoms with van der Waals surface area (Å²) in [5.74, 6) is -0.0381. The van der Waals surface area contributed by atoms with Gasteiger partial charge in [0.25, 0.3) is 0 Å². The molecule has 152 valence electrons. The van der Waals surface area contributed by atoms with Crippen LogP contribution in [0.1, 0.15) is 22.6 Å². The zero-order chi connectivity index (χ0) is 20.6. The molecular formula is C27H28N2O. The van der Waals surface area contributed by atoms with Crippen LogP contribution < -0.4 is 0 Å². The minimum atomic E-state index is -0.239. The Hall–Kier alpha value is -3.17. The molecule has 4 rings (SSSR count). The molecule has 1 saturated heterocycles. The van der Waals surface area contributed by atoms with E-state index in [4.69, 9.17) is 0 Å². The fraction of sp³-hybridized carbons (Fsp3) is 0.222. The van der Waals surface area contributed by atoms with E-state index in [1.165, 1.54) is 5.56 Å². The van der Waals surface area contributed by atoms with Crippen molar-refractivity contribution in [2.75, 3.05) is 32.7 Å². The van der Waals surface area contributed by atoms with Crippen molar-refractivity contribution in [1.29, 1.82) is 0 Å². The lowest BCUT2D eigenvalue weighted by atomic mass is 9.90. The summed E-state index contributed by atoms with van der Waals surface area (Å²) < 4.78 is 0. The van der Waals surface area contributed by atoms with Gasteiger partial charge in [0.2, 0.25) is 5.91 Å². The molecule has 0 N–H and O–H groups in total. The van der Waals surface area contributed by atoms with E-state index in [0.717, 1.165) is 43.9 Å². The van der Waals surface area contributed by atoms with Crippen LogP contribution in [-0.2, 0) is 4.79 Å². The molecule has 0 bridgehead atoms. The average molecular weight is 397 g/mol. The zero-order valence-electron chi connectivity index (χ0n) is 17.2. The maximum absolute atomic E-state index is 13.5. The van der Waals surface area contributed by atoms with Crippen LogP contribution in [0.4, 0.5) is 0 Å². The number of carbonyl (C=O) groups excluding carboxylic acids is 1. The summed E-state index contributed by atoms with van der Waals surface area (Å²) in [6.45, 7) is 4.27. The van der Waals surface area contributed by atoms with E-state index in [9.17, 15) is 4.79 Å². The highest BCUT2D eigenvalue weighted by Gasteiger charge is 2.29. The zero-order valence-corrected chi connectivity index (χ0v) is 17.2. The SMILES string of the molecule is O=C(C(c1ccccc1)c1ccccc1)N1CCN(C/C=C/c2ccccc2)CC1. The minimum absolute atomic E-state index is 0.201. The first-order valence-corrected chi connectivity index (χ1v) is 10.6. The van der Waals surface area contributed by atoms with Crippen LogP contribution >= 0.6 is 0 Å². The molecule has 3 heteroatoms. The van der Waals surface area contributed by atoms with Gasteiger partial charge in [-0.05, 0) is 16.7 Å². The van der Waals surface area contributed by atoms with E-state index >= 15 is 0 Å². The topological polar surface area (TPSA) is 23.6 Å². The van der Waals surface area contributed by atoms with Gasteiger partial charge in [-0.3, -0.25) is 9.69 Å². The molecule has 3 aromatic carbocycles. The van der Waals surface area contributed by atoms with Gasteiger partial charge in [-0.2, -0.15) is 0 Å². The standard InChI is InChI=1S/C27H28N2O/c30-27(26(24-14-6-2-7-15-24)25-16-8-3-9-17-25)29-21-19-28(20-22-29)18-10-13-23-11-4-1-5-12-23/h1-17,26H,18-22H2/b13-10+. The Bertz CT molecular complexity index is 906. The number of carbonyl (C=O) groups is 1. The predicted molar refractivity (Wildman–Crippen MR) is 123 cm³/mol. The third-order valence-electron chi connectivity index (χ3n) is 5.67. The molecule has 3 nitrogen and oxygen atoms in total. The molecule has 1 aliphatic rings. The Kier molecular flexibility index (Phi) is 6.73. The summed E-state index contributed by atoms with van der Waals surface area (Å²) >= 11 is 0. The minimum Gasteiger partial charge on any atom is -0.339 e. The molecule has 1 aliphatic heterocycles. The first-order valence-electron chi connectivity index (χ1n) is 10.6. The summed E-state index contributed by atoms with van der Waals surface area (Å²) in [6.07, 6.45) is 4.38. The molecule has 0 radical (unpaired) electrons. The van der Waals surface area contributed by atoms with E-state index in [2.05, 4.69) is 65.6 Å². The van der Waals surface area contributed by atoms with Crippen molar-refractivity contribution >= 4 is 12.0 Å². The van der Waals surface area contributed by atoms with E-state index in [1.807, 2.05) is 47.4 Å². The number of hydrogen-bond donors (Lipinski definition) is 0. The van der Waals surface area contributed by atoms with Crippen molar-refractivity contribution in [2.24, 2.45) is 0 Å². The maximum Gasteiger partial charge on any atom is 0.234 e. The molecule has 0 aliphatic carbocycles. The van der Waals surface area contributed by atoms with Crippen LogP contribution in [0.25, 0.3) is 6.08 Å². The van der Waals surface area contributed by atoms with Crippen molar-refractivity contribution in [3.63, 3.8) is 0 Å². The lowest BCUT2D eigenvalue weighted by Crippen LogP contribution is -2.50. The number of nitrogens with zero attached hydrogens (tertiary/aromatic N) is 2. The Morgan fingerprint density at radius 2 is 1.23 bits per heavy atom. The molecule has 3 aromatic rings. The van der Waals surface area contributed by atoms with Crippen LogP contribution in [0.2, 0.25) is 0 Å². The number of amides is 1. The fourth-order valence-corrected chi connectivity index (χ4v) is 4.00. The van der Waals surface area contributed by atoms with Crippen LogP contribution in [0.15, 0.2) is 97.1 Å². The van der Waals surface area contributed by atoms with E-state index in [1.54, 1.807) is 0 Å². The summed E-state index contributed by atoms with van der Waals surface area (Å²) in [7, 11) is 0.